The molecule has 0 atom stereocenters. The van der Waals surface area contributed by atoms with E-state index >= 15 is 0 Å². The van der Waals surface area contributed by atoms with Gasteiger partial charge in [0.15, 0.2) is 0 Å². The second-order valence-corrected chi connectivity index (χ2v) is 5.92. The number of hydrogen-bond donors (Lipinski definition) is 2. The van der Waals surface area contributed by atoms with E-state index in [0.29, 0.717) is 6.07 Å². The van der Waals surface area contributed by atoms with Crippen molar-refractivity contribution in [3.63, 3.8) is 0 Å². The molecule has 0 aliphatic carbocycles. The lowest BCUT2D eigenvalue weighted by Gasteiger charge is -2.11. The summed E-state index contributed by atoms with van der Waals surface area (Å²) in [4.78, 5) is 33.9. The number of carboxylic acid groups (broad SMARTS) is 1. The van der Waals surface area contributed by atoms with Crippen molar-refractivity contribution in [3.05, 3.63) is 50.5 Å². The fourth-order valence-corrected chi connectivity index (χ4v) is 3.13. The van der Waals surface area contributed by atoms with Crippen LogP contribution in [-0.2, 0) is 15.8 Å². The Balaban J connectivity index is 2.36. The first-order valence-electron chi connectivity index (χ1n) is 6.18. The highest BCUT2D eigenvalue weighted by molar-refractivity contribution is 8.03. The van der Waals surface area contributed by atoms with E-state index in [0.717, 1.165) is 23.9 Å². The Morgan fingerprint density at radius 1 is 1.33 bits per heavy atom. The molecule has 0 fully saturated rings. The molecule has 1 aliphatic heterocycles. The van der Waals surface area contributed by atoms with E-state index < -0.39 is 34.2 Å². The van der Waals surface area contributed by atoms with E-state index in [4.69, 9.17) is 16.7 Å². The number of benzene rings is 1. The molecule has 0 radical (unpaired) electrons. The fraction of sp³-hybridized carbons (Fsp3) is 0.143. The van der Waals surface area contributed by atoms with Gasteiger partial charge in [0.25, 0.3) is 5.91 Å². The number of halogens is 4. The average molecular weight is 378 g/mol. The molecule has 0 bridgehead atoms. The second-order valence-electron chi connectivity index (χ2n) is 4.53. The van der Waals surface area contributed by atoms with Crippen LogP contribution in [0.3, 0.4) is 0 Å². The quantitative estimate of drug-likeness (QED) is 0.791. The van der Waals surface area contributed by atoms with Crippen molar-refractivity contribution < 1.29 is 32.7 Å². The predicted octanol–water partition coefficient (Wildman–Crippen LogP) is 2.89. The number of carboxylic acids is 1. The monoisotopic (exact) mass is 377 g/mol. The number of nitrogens with one attached hydrogen (secondary N) is 1. The number of hydrogen-bond acceptors (Lipinski definition) is 4. The Labute approximate surface area is 142 Å². The number of alkyl halides is 3. The van der Waals surface area contributed by atoms with Crippen molar-refractivity contribution in [3.8, 4) is 0 Å². The van der Waals surface area contributed by atoms with Crippen LogP contribution in [0.15, 0.2) is 34.4 Å². The standard InChI is InChI=1S/C14H7ClF3NO4S/c15-9-2-1-6(3-8(9)14(16,17)18)11(21)19-12-10(13(22)23)7(4-20)5-24-12/h1-3H,5H2,(H,19,21)(H,22,23). The smallest absolute Gasteiger partial charge is 0.417 e. The van der Waals surface area contributed by atoms with Gasteiger partial charge in [0.1, 0.15) is 11.5 Å². The molecule has 1 amide bonds. The average Bonchev–Trinajstić information content (AvgIpc) is 2.89. The van der Waals surface area contributed by atoms with E-state index in [2.05, 4.69) is 5.32 Å². The normalized spacial score (nSPS) is 14.6. The van der Waals surface area contributed by atoms with Crippen LogP contribution in [0.1, 0.15) is 15.9 Å². The van der Waals surface area contributed by atoms with Crippen molar-refractivity contribution in [1.29, 1.82) is 0 Å². The van der Waals surface area contributed by atoms with E-state index in [1.165, 1.54) is 5.94 Å². The molecule has 0 aromatic heterocycles. The van der Waals surface area contributed by atoms with E-state index in [-0.39, 0.29) is 21.9 Å². The van der Waals surface area contributed by atoms with Gasteiger partial charge in [0.2, 0.25) is 0 Å². The highest BCUT2D eigenvalue weighted by atomic mass is 35.5. The highest BCUT2D eigenvalue weighted by Crippen LogP contribution is 2.36. The van der Waals surface area contributed by atoms with Crippen LogP contribution >= 0.6 is 23.4 Å². The van der Waals surface area contributed by atoms with Crippen LogP contribution < -0.4 is 5.32 Å². The molecule has 126 valence electrons. The molecule has 1 aromatic rings. The lowest BCUT2D eigenvalue weighted by molar-refractivity contribution is -0.137. The van der Waals surface area contributed by atoms with Gasteiger partial charge in [-0.05, 0) is 18.2 Å². The van der Waals surface area contributed by atoms with Crippen LogP contribution in [0.4, 0.5) is 13.2 Å². The van der Waals surface area contributed by atoms with Crippen molar-refractivity contribution in [1.82, 2.24) is 5.32 Å². The van der Waals surface area contributed by atoms with Gasteiger partial charge in [0.05, 0.1) is 21.2 Å². The number of aliphatic carboxylic acids is 1. The first kappa shape index (κ1) is 18.1. The molecular formula is C14H7ClF3NO4S. The molecule has 1 aromatic carbocycles. The zero-order valence-electron chi connectivity index (χ0n) is 11.5. The summed E-state index contributed by atoms with van der Waals surface area (Å²) in [5.41, 5.74) is -2.10. The SMILES string of the molecule is O=C=C1CSC(NC(=O)c2ccc(Cl)c(C(F)(F)F)c2)=C1C(=O)O. The second kappa shape index (κ2) is 6.72. The summed E-state index contributed by atoms with van der Waals surface area (Å²) in [7, 11) is 0. The van der Waals surface area contributed by atoms with Crippen molar-refractivity contribution in [2.75, 3.05) is 5.75 Å². The highest BCUT2D eigenvalue weighted by Gasteiger charge is 2.34. The Bertz CT molecular complexity index is 813. The van der Waals surface area contributed by atoms with Gasteiger partial charge in [-0.15, -0.1) is 11.8 Å². The van der Waals surface area contributed by atoms with Gasteiger partial charge in [-0.3, -0.25) is 4.79 Å². The van der Waals surface area contributed by atoms with E-state index in [9.17, 15) is 27.6 Å². The maximum Gasteiger partial charge on any atom is 0.417 e. The molecule has 5 nitrogen and oxygen atoms in total. The maximum atomic E-state index is 12.8. The van der Waals surface area contributed by atoms with Gasteiger partial charge in [-0.25, -0.2) is 9.59 Å². The molecule has 0 saturated carbocycles. The molecule has 2 rings (SSSR count). The minimum absolute atomic E-state index is 0.00480. The maximum absolute atomic E-state index is 12.8. The Hall–Kier alpha value is -2.22. The summed E-state index contributed by atoms with van der Waals surface area (Å²) in [6, 6.07) is 2.56. The van der Waals surface area contributed by atoms with Gasteiger partial charge in [-0.2, -0.15) is 13.2 Å². The lowest BCUT2D eigenvalue weighted by atomic mass is 10.1. The molecule has 0 unspecified atom stereocenters. The first-order valence-corrected chi connectivity index (χ1v) is 7.54. The van der Waals surface area contributed by atoms with Gasteiger partial charge in [0, 0.05) is 11.3 Å². The minimum Gasteiger partial charge on any atom is -0.478 e. The number of thioether (sulfide) groups is 1. The number of carbonyl (C=O) groups is 2. The third-order valence-corrected chi connectivity index (χ3v) is 4.35. The third-order valence-electron chi connectivity index (χ3n) is 2.99. The number of rotatable bonds is 3. The van der Waals surface area contributed by atoms with Crippen LogP contribution in [-0.4, -0.2) is 28.7 Å². The fourth-order valence-electron chi connectivity index (χ4n) is 1.89. The number of carbonyl (C=O) groups excluding carboxylic acids is 2. The topological polar surface area (TPSA) is 83.5 Å². The summed E-state index contributed by atoms with van der Waals surface area (Å²) in [6.45, 7) is 0. The minimum atomic E-state index is -4.74. The Morgan fingerprint density at radius 3 is 2.54 bits per heavy atom. The summed E-state index contributed by atoms with van der Waals surface area (Å²) >= 11 is 6.34. The molecular weight excluding hydrogens is 371 g/mol. The summed E-state index contributed by atoms with van der Waals surface area (Å²) < 4.78 is 38.4. The van der Waals surface area contributed by atoms with Crippen LogP contribution in [0.2, 0.25) is 5.02 Å². The Kier molecular flexibility index (Phi) is 5.08. The summed E-state index contributed by atoms with van der Waals surface area (Å²) in [6.07, 6.45) is -4.74. The molecule has 0 saturated heterocycles. The largest absolute Gasteiger partial charge is 0.478 e. The zero-order valence-corrected chi connectivity index (χ0v) is 13.1. The molecule has 10 heteroatoms. The van der Waals surface area contributed by atoms with Crippen LogP contribution in [0.5, 0.6) is 0 Å². The molecule has 0 spiro atoms. The lowest BCUT2D eigenvalue weighted by Crippen LogP contribution is -2.23. The van der Waals surface area contributed by atoms with Crippen LogP contribution in [0.25, 0.3) is 0 Å². The van der Waals surface area contributed by atoms with Gasteiger partial charge < -0.3 is 10.4 Å². The van der Waals surface area contributed by atoms with Crippen LogP contribution in [0, 0.1) is 0 Å². The van der Waals surface area contributed by atoms with E-state index in [1.54, 1.807) is 0 Å². The van der Waals surface area contributed by atoms with Crippen molar-refractivity contribution in [2.24, 2.45) is 0 Å². The Morgan fingerprint density at radius 2 is 2.00 bits per heavy atom. The summed E-state index contributed by atoms with van der Waals surface area (Å²) in [5, 5.41) is 10.6. The third kappa shape index (κ3) is 3.64. The van der Waals surface area contributed by atoms with E-state index in [1.807, 2.05) is 0 Å². The van der Waals surface area contributed by atoms with Crippen molar-refractivity contribution in [2.45, 2.75) is 6.18 Å². The molecule has 24 heavy (non-hydrogen) atoms. The first-order chi connectivity index (χ1) is 11.1. The molecule has 1 heterocycles. The molecule has 2 N–H and O–H groups in total. The predicted molar refractivity (Wildman–Crippen MR) is 80.2 cm³/mol. The number of amides is 1. The van der Waals surface area contributed by atoms with Crippen molar-refractivity contribution >= 4 is 41.2 Å². The van der Waals surface area contributed by atoms with Gasteiger partial charge >= 0.3 is 12.1 Å². The zero-order chi connectivity index (χ0) is 18.1. The molecule has 1 aliphatic rings. The van der Waals surface area contributed by atoms with Gasteiger partial charge in [-0.1, -0.05) is 11.6 Å². The summed E-state index contributed by atoms with van der Waals surface area (Å²) in [5.74, 6) is -0.937.